The zero-order chi connectivity index (χ0) is 14.7. The highest BCUT2D eigenvalue weighted by molar-refractivity contribution is 4.83. The summed E-state index contributed by atoms with van der Waals surface area (Å²) in [5.74, 6) is 0.892. The van der Waals surface area contributed by atoms with Crippen molar-refractivity contribution in [3.63, 3.8) is 0 Å². The summed E-state index contributed by atoms with van der Waals surface area (Å²) in [6.45, 7) is 4.56. The van der Waals surface area contributed by atoms with Crippen LogP contribution in [0.3, 0.4) is 0 Å². The molecule has 0 aromatic carbocycles. The molecular formula is C19H38O. The average Bonchev–Trinajstić information content (AvgIpc) is 2.61. The minimum Gasteiger partial charge on any atom is -0.390 e. The van der Waals surface area contributed by atoms with Gasteiger partial charge in [-0.15, -0.1) is 0 Å². The molecule has 1 N–H and O–H groups in total. The van der Waals surface area contributed by atoms with E-state index >= 15 is 0 Å². The summed E-state index contributed by atoms with van der Waals surface area (Å²) < 4.78 is 0. The molecule has 0 aliphatic heterocycles. The van der Waals surface area contributed by atoms with Crippen LogP contribution in [-0.4, -0.2) is 10.7 Å². The first kappa shape index (κ1) is 18.0. The molecule has 20 heavy (non-hydrogen) atoms. The van der Waals surface area contributed by atoms with Gasteiger partial charge in [-0.05, 0) is 31.6 Å². The van der Waals surface area contributed by atoms with Crippen LogP contribution in [0.25, 0.3) is 0 Å². The molecule has 1 heteroatoms. The van der Waals surface area contributed by atoms with Crippen LogP contribution in [-0.2, 0) is 0 Å². The van der Waals surface area contributed by atoms with Crippen LogP contribution < -0.4 is 0 Å². The molecule has 1 aliphatic carbocycles. The first-order valence-corrected chi connectivity index (χ1v) is 9.42. The van der Waals surface area contributed by atoms with Crippen molar-refractivity contribution >= 4 is 0 Å². The summed E-state index contributed by atoms with van der Waals surface area (Å²) in [6, 6.07) is 0. The molecule has 0 bridgehead atoms. The molecule has 0 saturated heterocycles. The normalized spacial score (nSPS) is 27.4. The fraction of sp³-hybridized carbons (Fsp3) is 1.00. The summed E-state index contributed by atoms with van der Waals surface area (Å²) in [7, 11) is 0. The summed E-state index contributed by atoms with van der Waals surface area (Å²) in [5.41, 5.74) is -0.314. The second kappa shape index (κ2) is 10.7. The number of unbranched alkanes of at least 4 members (excludes halogenated alkanes) is 6. The highest BCUT2D eigenvalue weighted by Crippen LogP contribution is 2.35. The van der Waals surface area contributed by atoms with Crippen LogP contribution in [0.5, 0.6) is 0 Å². The first-order chi connectivity index (χ1) is 9.70. The van der Waals surface area contributed by atoms with Gasteiger partial charge in [0.05, 0.1) is 5.60 Å². The summed E-state index contributed by atoms with van der Waals surface area (Å²) in [4.78, 5) is 0. The minimum absolute atomic E-state index is 0.314. The van der Waals surface area contributed by atoms with Crippen molar-refractivity contribution in [1.29, 1.82) is 0 Å². The highest BCUT2D eigenvalue weighted by Gasteiger charge is 2.29. The van der Waals surface area contributed by atoms with Crippen molar-refractivity contribution in [2.24, 2.45) is 5.92 Å². The molecule has 1 nitrogen and oxygen atoms in total. The Morgan fingerprint density at radius 3 is 2.25 bits per heavy atom. The Hall–Kier alpha value is -0.0400. The minimum atomic E-state index is -0.314. The molecule has 0 aromatic rings. The van der Waals surface area contributed by atoms with E-state index in [1.165, 1.54) is 77.0 Å². The van der Waals surface area contributed by atoms with Gasteiger partial charge >= 0.3 is 0 Å². The van der Waals surface area contributed by atoms with Crippen LogP contribution in [0.15, 0.2) is 0 Å². The van der Waals surface area contributed by atoms with E-state index in [0.29, 0.717) is 0 Å². The van der Waals surface area contributed by atoms with E-state index in [1.807, 2.05) is 0 Å². The third-order valence-electron chi connectivity index (χ3n) is 5.22. The zero-order valence-corrected chi connectivity index (χ0v) is 14.1. The maximum atomic E-state index is 10.8. The fourth-order valence-corrected chi connectivity index (χ4v) is 3.82. The maximum Gasteiger partial charge on any atom is 0.0648 e. The van der Waals surface area contributed by atoms with E-state index in [0.717, 1.165) is 25.2 Å². The van der Waals surface area contributed by atoms with Crippen molar-refractivity contribution in [3.05, 3.63) is 0 Å². The predicted molar refractivity (Wildman–Crippen MR) is 89.0 cm³/mol. The molecule has 2 unspecified atom stereocenters. The largest absolute Gasteiger partial charge is 0.390 e. The average molecular weight is 283 g/mol. The van der Waals surface area contributed by atoms with E-state index in [1.54, 1.807) is 0 Å². The number of rotatable bonds is 10. The van der Waals surface area contributed by atoms with Gasteiger partial charge in [-0.2, -0.15) is 0 Å². The van der Waals surface area contributed by atoms with Crippen LogP contribution in [0, 0.1) is 5.92 Å². The van der Waals surface area contributed by atoms with Crippen LogP contribution in [0.4, 0.5) is 0 Å². The van der Waals surface area contributed by atoms with E-state index in [2.05, 4.69) is 13.8 Å². The Morgan fingerprint density at radius 1 is 0.850 bits per heavy atom. The van der Waals surface area contributed by atoms with E-state index in [4.69, 9.17) is 0 Å². The van der Waals surface area contributed by atoms with Crippen LogP contribution >= 0.6 is 0 Å². The standard InChI is InChI=1S/C19H38O/c1-3-5-6-7-8-9-10-15-19(20)16-11-13-18(12-4-2)14-17-19/h18,20H,3-17H2,1-2H3. The van der Waals surface area contributed by atoms with Crippen molar-refractivity contribution in [2.75, 3.05) is 0 Å². The quantitative estimate of drug-likeness (QED) is 0.371. The van der Waals surface area contributed by atoms with Crippen molar-refractivity contribution < 1.29 is 5.11 Å². The summed E-state index contributed by atoms with van der Waals surface area (Å²) in [5, 5.41) is 10.8. The third-order valence-corrected chi connectivity index (χ3v) is 5.22. The molecule has 0 aromatic heterocycles. The van der Waals surface area contributed by atoms with Crippen LogP contribution in [0.1, 0.15) is 110 Å². The molecule has 0 spiro atoms. The molecule has 2 atom stereocenters. The third kappa shape index (κ3) is 7.67. The van der Waals surface area contributed by atoms with Crippen molar-refractivity contribution in [3.8, 4) is 0 Å². The Labute approximate surface area is 127 Å². The summed E-state index contributed by atoms with van der Waals surface area (Å²) in [6.07, 6.45) is 19.2. The van der Waals surface area contributed by atoms with E-state index < -0.39 is 0 Å². The van der Waals surface area contributed by atoms with Gasteiger partial charge < -0.3 is 5.11 Å². The topological polar surface area (TPSA) is 20.2 Å². The van der Waals surface area contributed by atoms with Gasteiger partial charge in [0.15, 0.2) is 0 Å². The Kier molecular flexibility index (Phi) is 9.59. The van der Waals surface area contributed by atoms with Gasteiger partial charge in [-0.1, -0.05) is 84.5 Å². The van der Waals surface area contributed by atoms with E-state index in [-0.39, 0.29) is 5.60 Å². The van der Waals surface area contributed by atoms with Gasteiger partial charge in [0.1, 0.15) is 0 Å². The monoisotopic (exact) mass is 282 g/mol. The van der Waals surface area contributed by atoms with Gasteiger partial charge in [0.2, 0.25) is 0 Å². The molecule has 0 radical (unpaired) electrons. The molecule has 1 rings (SSSR count). The summed E-state index contributed by atoms with van der Waals surface area (Å²) >= 11 is 0. The second-order valence-electron chi connectivity index (χ2n) is 7.18. The van der Waals surface area contributed by atoms with Crippen LogP contribution in [0.2, 0.25) is 0 Å². The van der Waals surface area contributed by atoms with Crippen molar-refractivity contribution in [2.45, 2.75) is 116 Å². The first-order valence-electron chi connectivity index (χ1n) is 9.42. The smallest absolute Gasteiger partial charge is 0.0648 e. The Balaban J connectivity index is 2.11. The lowest BCUT2D eigenvalue weighted by atomic mass is 9.87. The molecule has 120 valence electrons. The Morgan fingerprint density at radius 2 is 1.55 bits per heavy atom. The molecule has 0 heterocycles. The SMILES string of the molecule is CCCCCCCCCC1(O)CCCC(CCC)CC1. The lowest BCUT2D eigenvalue weighted by molar-refractivity contribution is 0.0129. The number of aliphatic hydroxyl groups is 1. The molecule has 1 fully saturated rings. The van der Waals surface area contributed by atoms with Gasteiger partial charge in [0.25, 0.3) is 0 Å². The van der Waals surface area contributed by atoms with Gasteiger partial charge in [-0.3, -0.25) is 0 Å². The molecule has 1 saturated carbocycles. The molecular weight excluding hydrogens is 244 g/mol. The van der Waals surface area contributed by atoms with E-state index in [9.17, 15) is 5.11 Å². The molecule has 0 amide bonds. The highest BCUT2D eigenvalue weighted by atomic mass is 16.3. The van der Waals surface area contributed by atoms with Gasteiger partial charge in [0, 0.05) is 0 Å². The van der Waals surface area contributed by atoms with Gasteiger partial charge in [-0.25, -0.2) is 0 Å². The molecule has 1 aliphatic rings. The number of hydrogen-bond donors (Lipinski definition) is 1. The predicted octanol–water partition coefficient (Wildman–Crippen LogP) is 6.24. The fourth-order valence-electron chi connectivity index (χ4n) is 3.82. The maximum absolute atomic E-state index is 10.8. The van der Waals surface area contributed by atoms with Crippen molar-refractivity contribution in [1.82, 2.24) is 0 Å². The lowest BCUT2D eigenvalue weighted by Crippen LogP contribution is -2.27. The lowest BCUT2D eigenvalue weighted by Gasteiger charge is -2.26. The zero-order valence-electron chi connectivity index (χ0n) is 14.1. The number of hydrogen-bond acceptors (Lipinski definition) is 1. The second-order valence-corrected chi connectivity index (χ2v) is 7.18. The Bertz CT molecular complexity index is 226.